The van der Waals surface area contributed by atoms with Gasteiger partial charge in [-0.05, 0) is 39.1 Å². The lowest BCUT2D eigenvalue weighted by Gasteiger charge is -1.96. The zero-order chi connectivity index (χ0) is 14.4. The molecule has 0 aliphatic heterocycles. The Morgan fingerprint density at radius 3 is 2.00 bits per heavy atom. The van der Waals surface area contributed by atoms with E-state index in [0.717, 1.165) is 5.56 Å². The van der Waals surface area contributed by atoms with Crippen LogP contribution in [0.2, 0.25) is 0 Å². The first-order chi connectivity index (χ1) is 8.60. The first kappa shape index (κ1) is 19.1. The smallest absolute Gasteiger partial charge is 0.293 e. The van der Waals surface area contributed by atoms with Gasteiger partial charge in [-0.2, -0.15) is 0 Å². The van der Waals surface area contributed by atoms with Crippen molar-refractivity contribution in [1.29, 1.82) is 0 Å². The lowest BCUT2D eigenvalue weighted by Crippen LogP contribution is -1.98. The van der Waals surface area contributed by atoms with Crippen LogP contribution in [0.15, 0.2) is 28.7 Å². The highest BCUT2D eigenvalue weighted by Crippen LogP contribution is 2.00. The Bertz CT molecular complexity index is 321. The summed E-state index contributed by atoms with van der Waals surface area (Å²) < 4.78 is 7.97. The minimum Gasteiger partial charge on any atom is -0.465 e. The number of carbonyl (C=O) groups is 1. The van der Waals surface area contributed by atoms with Crippen molar-refractivity contribution in [3.8, 4) is 0 Å². The second-order valence-corrected chi connectivity index (χ2v) is 3.67. The molecule has 3 nitrogen and oxygen atoms in total. The molecule has 0 amide bonds. The Morgan fingerprint density at radius 2 is 1.72 bits per heavy atom. The van der Waals surface area contributed by atoms with Crippen LogP contribution in [0.3, 0.4) is 0 Å². The van der Waals surface area contributed by atoms with Crippen LogP contribution < -0.4 is 0 Å². The van der Waals surface area contributed by atoms with E-state index in [9.17, 15) is 4.79 Å². The maximum atomic E-state index is 9.39. The number of benzene rings is 1. The highest BCUT2D eigenvalue weighted by molar-refractivity contribution is 7.79. The molecular formula is C14H23NO2S. The standard InChI is InChI=1S/C8H9NS.C4H8O2.C2H6/c1-7-2-4-8(5-3-7)6-9-10;1-4(2)6-3-5;1-2/h2-6,10H,1H3;3-4H,1-2H3;1-2H3/b9-6+;;. The van der Waals surface area contributed by atoms with Crippen LogP contribution >= 0.6 is 12.8 Å². The number of nitrogens with zero attached hydrogens (tertiary/aromatic N) is 1. The van der Waals surface area contributed by atoms with E-state index in [2.05, 4.69) is 28.9 Å². The van der Waals surface area contributed by atoms with Gasteiger partial charge in [-0.15, -0.1) is 0 Å². The van der Waals surface area contributed by atoms with E-state index in [1.54, 1.807) is 20.1 Å². The first-order valence-electron chi connectivity index (χ1n) is 5.93. The summed E-state index contributed by atoms with van der Waals surface area (Å²) >= 11 is 3.73. The van der Waals surface area contributed by atoms with Gasteiger partial charge in [-0.25, -0.2) is 4.40 Å². The number of hydrogen-bond donors (Lipinski definition) is 1. The number of aryl methyl sites for hydroxylation is 1. The van der Waals surface area contributed by atoms with Crippen LogP contribution in [0.25, 0.3) is 0 Å². The molecule has 0 aromatic heterocycles. The van der Waals surface area contributed by atoms with Crippen molar-refractivity contribution in [2.75, 3.05) is 0 Å². The zero-order valence-corrected chi connectivity index (χ0v) is 12.6. The van der Waals surface area contributed by atoms with Crippen molar-refractivity contribution in [1.82, 2.24) is 0 Å². The fourth-order valence-electron chi connectivity index (χ4n) is 0.830. The van der Waals surface area contributed by atoms with E-state index in [1.165, 1.54) is 5.56 Å². The molecule has 1 rings (SSSR count). The van der Waals surface area contributed by atoms with Gasteiger partial charge in [0.2, 0.25) is 0 Å². The average Bonchev–Trinajstić information content (AvgIpc) is 2.36. The third-order valence-electron chi connectivity index (χ3n) is 1.61. The summed E-state index contributed by atoms with van der Waals surface area (Å²) in [5.41, 5.74) is 2.34. The van der Waals surface area contributed by atoms with E-state index in [1.807, 2.05) is 38.1 Å². The highest BCUT2D eigenvalue weighted by Gasteiger charge is 1.84. The summed E-state index contributed by atoms with van der Waals surface area (Å²) in [5, 5.41) is 0. The summed E-state index contributed by atoms with van der Waals surface area (Å²) in [7, 11) is 0. The maximum Gasteiger partial charge on any atom is 0.293 e. The van der Waals surface area contributed by atoms with Gasteiger partial charge in [0.05, 0.1) is 6.10 Å². The Labute approximate surface area is 116 Å². The third-order valence-corrected chi connectivity index (χ3v) is 1.73. The Balaban J connectivity index is 0. The van der Waals surface area contributed by atoms with Gasteiger partial charge in [0.1, 0.15) is 0 Å². The van der Waals surface area contributed by atoms with Crippen molar-refractivity contribution in [3.63, 3.8) is 0 Å². The Kier molecular flexibility index (Phi) is 14.6. The summed E-state index contributed by atoms with van der Waals surface area (Å²) in [6.45, 7) is 10.1. The Morgan fingerprint density at radius 1 is 1.22 bits per heavy atom. The molecule has 0 saturated carbocycles. The lowest BCUT2D eigenvalue weighted by atomic mass is 10.2. The van der Waals surface area contributed by atoms with Gasteiger partial charge in [-0.1, -0.05) is 43.7 Å². The van der Waals surface area contributed by atoms with Crippen molar-refractivity contribution in [2.24, 2.45) is 4.40 Å². The third kappa shape index (κ3) is 12.8. The summed E-state index contributed by atoms with van der Waals surface area (Å²) in [5.74, 6) is 0. The molecule has 4 heteroatoms. The van der Waals surface area contributed by atoms with Crippen LogP contribution in [0.5, 0.6) is 0 Å². The normalized spacial score (nSPS) is 9.06. The predicted octanol–water partition coefficient (Wildman–Crippen LogP) is 3.85. The molecule has 0 aliphatic rings. The van der Waals surface area contributed by atoms with E-state index in [4.69, 9.17) is 0 Å². The first-order valence-corrected chi connectivity index (χ1v) is 6.33. The lowest BCUT2D eigenvalue weighted by molar-refractivity contribution is -0.131. The number of thiol groups is 1. The van der Waals surface area contributed by atoms with Crippen LogP contribution in [0.1, 0.15) is 38.8 Å². The second-order valence-electron chi connectivity index (χ2n) is 3.44. The molecule has 18 heavy (non-hydrogen) atoms. The molecule has 1 aromatic carbocycles. The average molecular weight is 269 g/mol. The summed E-state index contributed by atoms with van der Waals surface area (Å²) in [6.07, 6.45) is 1.74. The molecule has 0 spiro atoms. The van der Waals surface area contributed by atoms with E-state index >= 15 is 0 Å². The quantitative estimate of drug-likeness (QED) is 0.514. The molecule has 0 aliphatic carbocycles. The fourth-order valence-corrected chi connectivity index (χ4v) is 0.964. The van der Waals surface area contributed by atoms with E-state index in [0.29, 0.717) is 6.47 Å². The molecule has 0 atom stereocenters. The minimum atomic E-state index is 0.0301. The molecule has 0 bridgehead atoms. The molecule has 0 radical (unpaired) electrons. The number of hydrogen-bond acceptors (Lipinski definition) is 4. The van der Waals surface area contributed by atoms with Crippen molar-refractivity contribution < 1.29 is 9.53 Å². The van der Waals surface area contributed by atoms with Gasteiger partial charge in [0.15, 0.2) is 0 Å². The molecule has 0 saturated heterocycles. The molecular weight excluding hydrogens is 246 g/mol. The van der Waals surface area contributed by atoms with Gasteiger partial charge in [0.25, 0.3) is 6.47 Å². The largest absolute Gasteiger partial charge is 0.465 e. The fraction of sp³-hybridized carbons (Fsp3) is 0.429. The molecule has 0 unspecified atom stereocenters. The zero-order valence-electron chi connectivity index (χ0n) is 11.8. The predicted molar refractivity (Wildman–Crippen MR) is 81.4 cm³/mol. The SMILES string of the molecule is CC.CC(C)OC=O.Cc1ccc(/C=N/S)cc1. The topological polar surface area (TPSA) is 38.7 Å². The molecule has 0 heterocycles. The monoisotopic (exact) mass is 269 g/mol. The molecule has 0 N–H and O–H groups in total. The van der Waals surface area contributed by atoms with Crippen molar-refractivity contribution >= 4 is 25.5 Å². The van der Waals surface area contributed by atoms with Crippen LogP contribution in [0.4, 0.5) is 0 Å². The number of ether oxygens (including phenoxy) is 1. The van der Waals surface area contributed by atoms with E-state index in [-0.39, 0.29) is 6.10 Å². The van der Waals surface area contributed by atoms with Gasteiger partial charge in [-0.3, -0.25) is 4.79 Å². The number of rotatable bonds is 3. The summed E-state index contributed by atoms with van der Waals surface area (Å²) in [6, 6.07) is 8.11. The summed E-state index contributed by atoms with van der Waals surface area (Å²) in [4.78, 5) is 9.39. The minimum absolute atomic E-state index is 0.0301. The van der Waals surface area contributed by atoms with Crippen LogP contribution in [-0.2, 0) is 9.53 Å². The van der Waals surface area contributed by atoms with Crippen molar-refractivity contribution in [3.05, 3.63) is 35.4 Å². The van der Waals surface area contributed by atoms with Crippen LogP contribution in [0, 0.1) is 6.92 Å². The number of carbonyl (C=O) groups excluding carboxylic acids is 1. The molecule has 102 valence electrons. The molecule has 1 aromatic rings. The van der Waals surface area contributed by atoms with E-state index < -0.39 is 0 Å². The van der Waals surface area contributed by atoms with Gasteiger partial charge < -0.3 is 4.74 Å². The van der Waals surface area contributed by atoms with Crippen LogP contribution in [-0.4, -0.2) is 18.8 Å². The second kappa shape index (κ2) is 13.8. The molecule has 0 fully saturated rings. The van der Waals surface area contributed by atoms with Gasteiger partial charge in [0, 0.05) is 6.21 Å². The highest BCUT2D eigenvalue weighted by atomic mass is 32.1. The van der Waals surface area contributed by atoms with Crippen molar-refractivity contribution in [2.45, 2.75) is 40.7 Å². The van der Waals surface area contributed by atoms with Gasteiger partial charge >= 0.3 is 0 Å². The Hall–Kier alpha value is -1.29. The maximum absolute atomic E-state index is 9.39.